The van der Waals surface area contributed by atoms with Crippen LogP contribution in [0.5, 0.6) is 0 Å². The Balaban J connectivity index is 2.29. The van der Waals surface area contributed by atoms with Crippen LogP contribution in [-0.2, 0) is 10.5 Å². The van der Waals surface area contributed by atoms with E-state index in [0.29, 0.717) is 5.69 Å². The van der Waals surface area contributed by atoms with Gasteiger partial charge in [0.2, 0.25) is 5.79 Å². The van der Waals surface area contributed by atoms with Gasteiger partial charge in [-0.15, -0.1) is 0 Å². The number of halogens is 2. The molecule has 0 aromatic heterocycles. The molecule has 1 aliphatic heterocycles. The first-order valence-corrected chi connectivity index (χ1v) is 6.16. The highest BCUT2D eigenvalue weighted by molar-refractivity contribution is 6.49. The third kappa shape index (κ3) is 2.66. The lowest BCUT2D eigenvalue weighted by Gasteiger charge is -2.41. The molecule has 0 bridgehead atoms. The van der Waals surface area contributed by atoms with E-state index < -0.39 is 24.1 Å². The van der Waals surface area contributed by atoms with Crippen molar-refractivity contribution >= 4 is 29.2 Å². The van der Waals surface area contributed by atoms with Gasteiger partial charge in [0.15, 0.2) is 0 Å². The molecule has 4 atom stereocenters. The van der Waals surface area contributed by atoms with E-state index in [1.807, 2.05) is 0 Å². The van der Waals surface area contributed by atoms with Crippen LogP contribution in [0, 0.1) is 0 Å². The molecule has 6 nitrogen and oxygen atoms in total. The van der Waals surface area contributed by atoms with E-state index in [9.17, 15) is 20.4 Å². The van der Waals surface area contributed by atoms with Gasteiger partial charge in [0.1, 0.15) is 18.3 Å². The van der Waals surface area contributed by atoms with Gasteiger partial charge in [-0.1, -0.05) is 12.1 Å². The topological polar surface area (TPSA) is 93.4 Å². The van der Waals surface area contributed by atoms with Crippen molar-refractivity contribution in [1.82, 2.24) is 0 Å². The van der Waals surface area contributed by atoms with Crippen LogP contribution in [0.25, 0.3) is 0 Å². The molecule has 1 heterocycles. The first kappa shape index (κ1) is 14.8. The average Bonchev–Trinajstić information content (AvgIpc) is 2.41. The maximum Gasteiger partial charge on any atom is 0.222 e. The van der Waals surface area contributed by atoms with Gasteiger partial charge in [-0.2, -0.15) is 3.94 Å². The largest absolute Gasteiger partial charge is 0.388 e. The molecule has 1 unspecified atom stereocenters. The summed E-state index contributed by atoms with van der Waals surface area (Å²) >= 11 is 11.1. The lowest BCUT2D eigenvalue weighted by molar-refractivity contribution is -0.329. The highest BCUT2D eigenvalue weighted by Gasteiger charge is 2.49. The summed E-state index contributed by atoms with van der Waals surface area (Å²) in [5, 5.41) is 39.1. The third-order valence-electron chi connectivity index (χ3n) is 3.07. The molecule has 4 N–H and O–H groups in total. The Bertz CT molecular complexity index is 443. The van der Waals surface area contributed by atoms with Gasteiger partial charge in [-0.05, 0) is 12.1 Å². The van der Waals surface area contributed by atoms with Gasteiger partial charge in [0, 0.05) is 29.1 Å². The molecule has 0 saturated carbocycles. The van der Waals surface area contributed by atoms with Gasteiger partial charge in [0.25, 0.3) is 0 Å². The summed E-state index contributed by atoms with van der Waals surface area (Å²) in [5.74, 6) is -2.10. The quantitative estimate of drug-likeness (QED) is 0.577. The second-order valence-corrected chi connectivity index (χ2v) is 5.14. The van der Waals surface area contributed by atoms with Crippen LogP contribution >= 0.6 is 23.6 Å². The number of aliphatic hydroxyl groups excluding tert-OH is 3. The second-order valence-electron chi connectivity index (χ2n) is 4.29. The Kier molecular flexibility index (Phi) is 4.22. The van der Waals surface area contributed by atoms with Gasteiger partial charge in [-0.25, -0.2) is 0 Å². The number of ether oxygens (including phenoxy) is 1. The van der Waals surface area contributed by atoms with Crippen LogP contribution in [0.3, 0.4) is 0 Å². The number of benzene rings is 1. The van der Waals surface area contributed by atoms with E-state index in [1.165, 1.54) is 24.3 Å². The fourth-order valence-corrected chi connectivity index (χ4v) is 2.13. The molecule has 8 heteroatoms. The summed E-state index contributed by atoms with van der Waals surface area (Å²) in [6.45, 7) is -0.298. The molecule has 1 aliphatic rings. The lowest BCUT2D eigenvalue weighted by atomic mass is 9.91. The van der Waals surface area contributed by atoms with E-state index in [-0.39, 0.29) is 12.2 Å². The normalized spacial score (nSPS) is 35.2. The van der Waals surface area contributed by atoms with E-state index in [2.05, 4.69) is 0 Å². The Labute approximate surface area is 119 Å². The number of aliphatic hydroxyl groups is 4. The summed E-state index contributed by atoms with van der Waals surface area (Å²) in [6, 6.07) is 5.89. The fraction of sp³-hybridized carbons (Fsp3) is 0.455. The van der Waals surface area contributed by atoms with Crippen molar-refractivity contribution < 1.29 is 25.2 Å². The predicted molar refractivity (Wildman–Crippen MR) is 68.5 cm³/mol. The molecule has 1 fully saturated rings. The van der Waals surface area contributed by atoms with E-state index in [1.54, 1.807) is 0 Å². The molecule has 0 aliphatic carbocycles. The minimum absolute atomic E-state index is 0.213. The summed E-state index contributed by atoms with van der Waals surface area (Å²) in [7, 11) is 0. The summed E-state index contributed by atoms with van der Waals surface area (Å²) < 4.78 is 5.90. The Hall–Kier alpha value is -0.600. The standard InChI is InChI=1S/C11H13Cl2NO5/c12-14(13)7-3-1-6(2-4-7)11(18)10(17)9(16)8(15)5-19-11/h1-4,8-10,15-18H,5H2/t8-,9+,10-,11?/m1/s1. The van der Waals surface area contributed by atoms with Gasteiger partial charge >= 0.3 is 0 Å². The van der Waals surface area contributed by atoms with Crippen LogP contribution in [-0.4, -0.2) is 45.3 Å². The number of anilines is 1. The number of nitrogens with zero attached hydrogens (tertiary/aromatic N) is 1. The SMILES string of the molecule is O[C@H]1[C@H](O)COC(O)(c2ccc(N(Cl)Cl)cc2)[C@@H]1O. The van der Waals surface area contributed by atoms with Gasteiger partial charge < -0.3 is 25.2 Å². The van der Waals surface area contributed by atoms with Crippen molar-refractivity contribution in [1.29, 1.82) is 0 Å². The molecule has 19 heavy (non-hydrogen) atoms. The molecule has 1 aromatic carbocycles. The van der Waals surface area contributed by atoms with Crippen molar-refractivity contribution in [2.75, 3.05) is 10.5 Å². The highest BCUT2D eigenvalue weighted by atomic mass is 35.5. The molecule has 0 amide bonds. The Morgan fingerprint density at radius 1 is 1.16 bits per heavy atom. The zero-order valence-electron chi connectivity index (χ0n) is 9.65. The van der Waals surface area contributed by atoms with Crippen LogP contribution in [0.4, 0.5) is 5.69 Å². The maximum absolute atomic E-state index is 10.3. The summed E-state index contributed by atoms with van der Waals surface area (Å²) in [5.41, 5.74) is 0.673. The maximum atomic E-state index is 10.3. The zero-order valence-corrected chi connectivity index (χ0v) is 11.2. The molecule has 0 spiro atoms. The number of rotatable bonds is 2. The van der Waals surface area contributed by atoms with Crippen molar-refractivity contribution in [3.8, 4) is 0 Å². The molecule has 1 aromatic rings. The number of hydrogen-bond donors (Lipinski definition) is 4. The highest BCUT2D eigenvalue weighted by Crippen LogP contribution is 2.34. The Morgan fingerprint density at radius 2 is 1.74 bits per heavy atom. The summed E-state index contributed by atoms with van der Waals surface area (Å²) in [6.07, 6.45) is -4.43. The second kappa shape index (κ2) is 5.41. The smallest absolute Gasteiger partial charge is 0.222 e. The van der Waals surface area contributed by atoms with Crippen LogP contribution in [0.2, 0.25) is 0 Å². The van der Waals surface area contributed by atoms with Crippen molar-refractivity contribution in [2.45, 2.75) is 24.1 Å². The molecule has 1 saturated heterocycles. The van der Waals surface area contributed by atoms with Crippen LogP contribution < -0.4 is 3.94 Å². The van der Waals surface area contributed by atoms with Crippen LogP contribution in [0.15, 0.2) is 24.3 Å². The minimum Gasteiger partial charge on any atom is -0.388 e. The van der Waals surface area contributed by atoms with E-state index in [4.69, 9.17) is 28.3 Å². The Morgan fingerprint density at radius 3 is 2.26 bits per heavy atom. The van der Waals surface area contributed by atoms with E-state index >= 15 is 0 Å². The zero-order chi connectivity index (χ0) is 14.2. The minimum atomic E-state index is -2.10. The molecule has 2 rings (SSSR count). The molecule has 106 valence electrons. The first-order valence-electron chi connectivity index (χ1n) is 5.49. The lowest BCUT2D eigenvalue weighted by Crippen LogP contribution is -2.58. The van der Waals surface area contributed by atoms with Crippen molar-refractivity contribution in [3.63, 3.8) is 0 Å². The predicted octanol–water partition coefficient (Wildman–Crippen LogP) is 0.0586. The molecule has 0 radical (unpaired) electrons. The van der Waals surface area contributed by atoms with Crippen molar-refractivity contribution in [2.24, 2.45) is 0 Å². The van der Waals surface area contributed by atoms with Gasteiger partial charge in [-0.3, -0.25) is 0 Å². The van der Waals surface area contributed by atoms with Crippen LogP contribution in [0.1, 0.15) is 5.56 Å². The first-order chi connectivity index (χ1) is 8.86. The monoisotopic (exact) mass is 309 g/mol. The average molecular weight is 310 g/mol. The van der Waals surface area contributed by atoms with Gasteiger partial charge in [0.05, 0.1) is 12.3 Å². The fourth-order valence-electron chi connectivity index (χ4n) is 1.91. The van der Waals surface area contributed by atoms with Crippen molar-refractivity contribution in [3.05, 3.63) is 29.8 Å². The van der Waals surface area contributed by atoms with E-state index in [0.717, 1.165) is 3.94 Å². The summed E-state index contributed by atoms with van der Waals surface area (Å²) in [4.78, 5) is 0. The molecular weight excluding hydrogens is 297 g/mol. The number of hydrogen-bond acceptors (Lipinski definition) is 6. The third-order valence-corrected chi connectivity index (χ3v) is 3.46. The molecular formula is C11H13Cl2NO5.